The van der Waals surface area contributed by atoms with Crippen LogP contribution in [0.2, 0.25) is 0 Å². The van der Waals surface area contributed by atoms with Gasteiger partial charge in [-0.3, -0.25) is 10.1 Å². The van der Waals surface area contributed by atoms with Gasteiger partial charge in [-0.05, 0) is 6.92 Å². The molecular weight excluding hydrogens is 154 g/mol. The van der Waals surface area contributed by atoms with Crippen molar-refractivity contribution in [2.24, 2.45) is 0 Å². The quantitative estimate of drug-likeness (QED) is 0.342. The first kappa shape index (κ1) is 10.3. The van der Waals surface area contributed by atoms with Crippen LogP contribution in [0.4, 0.5) is 0 Å². The van der Waals surface area contributed by atoms with E-state index < -0.39 is 29.8 Å². The number of hydrogen-bond acceptors (Lipinski definition) is 5. The summed E-state index contributed by atoms with van der Waals surface area (Å²) in [5.74, 6) is 0. The molecule has 0 saturated heterocycles. The largest absolute Gasteiger partial charge is 0.389 e. The van der Waals surface area contributed by atoms with Gasteiger partial charge in [-0.1, -0.05) is 0 Å². The van der Waals surface area contributed by atoms with Crippen molar-refractivity contribution < 1.29 is 20.2 Å². The van der Waals surface area contributed by atoms with Gasteiger partial charge in [0.15, 0.2) is 0 Å². The van der Waals surface area contributed by atoms with E-state index in [-0.39, 0.29) is 0 Å². The van der Waals surface area contributed by atoms with E-state index in [9.17, 15) is 10.1 Å². The van der Waals surface area contributed by atoms with Crippen molar-refractivity contribution in [1.82, 2.24) is 0 Å². The minimum atomic E-state index is -2.03. The Kier molecular flexibility index (Phi) is 3.37. The van der Waals surface area contributed by atoms with Crippen molar-refractivity contribution in [2.45, 2.75) is 18.6 Å². The Labute approximate surface area is 63.2 Å². The summed E-state index contributed by atoms with van der Waals surface area (Å²) in [7, 11) is 0. The zero-order chi connectivity index (χ0) is 9.07. The van der Waals surface area contributed by atoms with Gasteiger partial charge in [0.25, 0.3) is 5.54 Å². The molecule has 0 aliphatic carbocycles. The highest BCUT2D eigenvalue weighted by atomic mass is 16.6. The summed E-state index contributed by atoms with van der Waals surface area (Å²) in [6, 6.07) is 0. The molecule has 0 aromatic carbocycles. The SMILES string of the molecule is CC(O)C(CO)(CO)[N+](=O)[O-]. The highest BCUT2D eigenvalue weighted by Crippen LogP contribution is 2.13. The van der Waals surface area contributed by atoms with Crippen molar-refractivity contribution in [1.29, 1.82) is 0 Å². The Bertz CT molecular complexity index is 142. The second-order valence-electron chi connectivity index (χ2n) is 2.35. The van der Waals surface area contributed by atoms with E-state index in [2.05, 4.69) is 0 Å². The van der Waals surface area contributed by atoms with Crippen LogP contribution in [0.25, 0.3) is 0 Å². The minimum Gasteiger partial charge on any atom is -0.389 e. The normalized spacial score (nSPS) is 14.5. The third-order valence-electron chi connectivity index (χ3n) is 1.69. The minimum absolute atomic E-state index is 0.877. The predicted octanol–water partition coefficient (Wildman–Crippen LogP) is -1.63. The second-order valence-corrected chi connectivity index (χ2v) is 2.35. The van der Waals surface area contributed by atoms with Crippen LogP contribution in [0, 0.1) is 10.1 Å². The van der Waals surface area contributed by atoms with Crippen molar-refractivity contribution in [3.05, 3.63) is 10.1 Å². The van der Waals surface area contributed by atoms with Crippen LogP contribution in [-0.2, 0) is 0 Å². The van der Waals surface area contributed by atoms with Crippen LogP contribution in [0.1, 0.15) is 6.92 Å². The van der Waals surface area contributed by atoms with Gasteiger partial charge >= 0.3 is 0 Å². The molecule has 0 spiro atoms. The molecule has 0 aliphatic rings. The fourth-order valence-corrected chi connectivity index (χ4v) is 0.582. The maximum atomic E-state index is 10.3. The number of rotatable bonds is 4. The van der Waals surface area contributed by atoms with Gasteiger partial charge in [0.1, 0.15) is 19.3 Å². The summed E-state index contributed by atoms with van der Waals surface area (Å²) >= 11 is 0. The van der Waals surface area contributed by atoms with Crippen LogP contribution in [0.15, 0.2) is 0 Å². The lowest BCUT2D eigenvalue weighted by molar-refractivity contribution is -0.589. The molecule has 11 heavy (non-hydrogen) atoms. The van der Waals surface area contributed by atoms with Crippen LogP contribution in [0.5, 0.6) is 0 Å². The summed E-state index contributed by atoms with van der Waals surface area (Å²) in [5.41, 5.74) is -2.03. The lowest BCUT2D eigenvalue weighted by Crippen LogP contribution is -2.54. The van der Waals surface area contributed by atoms with Gasteiger partial charge < -0.3 is 15.3 Å². The molecule has 66 valence electrons. The molecule has 0 saturated carbocycles. The molecule has 0 bridgehead atoms. The van der Waals surface area contributed by atoms with Crippen molar-refractivity contribution in [3.63, 3.8) is 0 Å². The van der Waals surface area contributed by atoms with Crippen molar-refractivity contribution in [3.8, 4) is 0 Å². The van der Waals surface area contributed by atoms with Gasteiger partial charge in [0.05, 0.1) is 0 Å². The monoisotopic (exact) mass is 165 g/mol. The standard InChI is InChI=1S/C5H11NO5/c1-4(9)5(2-7,3-8)6(10)11/h4,7-9H,2-3H2,1H3. The molecule has 0 amide bonds. The lowest BCUT2D eigenvalue weighted by Gasteiger charge is -2.23. The zero-order valence-corrected chi connectivity index (χ0v) is 6.10. The maximum absolute atomic E-state index is 10.3. The third-order valence-corrected chi connectivity index (χ3v) is 1.69. The molecular formula is C5H11NO5. The molecule has 1 atom stereocenters. The van der Waals surface area contributed by atoms with E-state index in [1.165, 1.54) is 0 Å². The van der Waals surface area contributed by atoms with Crippen LogP contribution >= 0.6 is 0 Å². The number of nitrogens with zero attached hydrogens (tertiary/aromatic N) is 1. The maximum Gasteiger partial charge on any atom is 0.292 e. The molecule has 1 unspecified atom stereocenters. The fourth-order valence-electron chi connectivity index (χ4n) is 0.582. The van der Waals surface area contributed by atoms with Crippen LogP contribution in [-0.4, -0.2) is 45.1 Å². The van der Waals surface area contributed by atoms with Crippen molar-refractivity contribution in [2.75, 3.05) is 13.2 Å². The van der Waals surface area contributed by atoms with Gasteiger partial charge in [-0.2, -0.15) is 0 Å². The number of aliphatic hydroxyl groups is 3. The summed E-state index contributed by atoms with van der Waals surface area (Å²) in [4.78, 5) is 9.37. The molecule has 0 aromatic rings. The average Bonchev–Trinajstić information content (AvgIpc) is 1.90. The Morgan fingerprint density at radius 3 is 1.91 bits per heavy atom. The summed E-state index contributed by atoms with van der Waals surface area (Å²) < 4.78 is 0. The Balaban J connectivity index is 4.61. The zero-order valence-electron chi connectivity index (χ0n) is 6.10. The summed E-state index contributed by atoms with van der Waals surface area (Å²) in [6.45, 7) is -0.614. The molecule has 0 radical (unpaired) electrons. The number of nitro groups is 1. The number of hydrogen-bond donors (Lipinski definition) is 3. The first-order chi connectivity index (χ1) is 5.01. The van der Waals surface area contributed by atoms with Gasteiger partial charge in [-0.15, -0.1) is 0 Å². The summed E-state index contributed by atoms with van der Waals surface area (Å²) in [5, 5.41) is 36.2. The molecule has 6 nitrogen and oxygen atoms in total. The predicted molar refractivity (Wildman–Crippen MR) is 35.6 cm³/mol. The molecule has 0 fully saturated rings. The fraction of sp³-hybridized carbons (Fsp3) is 1.00. The van der Waals surface area contributed by atoms with E-state index in [1.807, 2.05) is 0 Å². The average molecular weight is 165 g/mol. The highest BCUT2D eigenvalue weighted by Gasteiger charge is 2.47. The van der Waals surface area contributed by atoms with Crippen LogP contribution < -0.4 is 0 Å². The van der Waals surface area contributed by atoms with Gasteiger partial charge in [-0.25, -0.2) is 0 Å². The highest BCUT2D eigenvalue weighted by molar-refractivity contribution is 4.83. The van der Waals surface area contributed by atoms with Gasteiger partial charge in [0.2, 0.25) is 0 Å². The van der Waals surface area contributed by atoms with E-state index in [4.69, 9.17) is 15.3 Å². The molecule has 0 aromatic heterocycles. The first-order valence-corrected chi connectivity index (χ1v) is 3.05. The van der Waals surface area contributed by atoms with Crippen LogP contribution in [0.3, 0.4) is 0 Å². The van der Waals surface area contributed by atoms with E-state index in [0.717, 1.165) is 6.92 Å². The second kappa shape index (κ2) is 3.61. The smallest absolute Gasteiger partial charge is 0.292 e. The molecule has 0 heterocycles. The van der Waals surface area contributed by atoms with E-state index in [1.54, 1.807) is 0 Å². The first-order valence-electron chi connectivity index (χ1n) is 3.05. The van der Waals surface area contributed by atoms with E-state index >= 15 is 0 Å². The summed E-state index contributed by atoms with van der Waals surface area (Å²) in [6.07, 6.45) is -1.38. The lowest BCUT2D eigenvalue weighted by atomic mass is 9.97. The topological polar surface area (TPSA) is 104 Å². The molecule has 6 heteroatoms. The Morgan fingerprint density at radius 2 is 1.91 bits per heavy atom. The number of aliphatic hydroxyl groups excluding tert-OH is 3. The molecule has 0 rings (SSSR count). The Hall–Kier alpha value is -0.720. The Morgan fingerprint density at radius 1 is 1.55 bits per heavy atom. The van der Waals surface area contributed by atoms with Gasteiger partial charge in [0, 0.05) is 4.92 Å². The molecule has 0 aliphatic heterocycles. The molecule has 3 N–H and O–H groups in total. The van der Waals surface area contributed by atoms with Crippen molar-refractivity contribution >= 4 is 0 Å². The van der Waals surface area contributed by atoms with E-state index in [0.29, 0.717) is 0 Å². The third kappa shape index (κ3) is 1.65.